The molecule has 0 amide bonds. The molecule has 2 N–H and O–H groups in total. The van der Waals surface area contributed by atoms with Crippen molar-refractivity contribution in [2.24, 2.45) is 5.73 Å². The molecule has 1 aromatic rings. The zero-order chi connectivity index (χ0) is 13.7. The molecule has 0 saturated heterocycles. The van der Waals surface area contributed by atoms with Crippen molar-refractivity contribution >= 4 is 0 Å². The highest BCUT2D eigenvalue weighted by molar-refractivity contribution is 5.33. The summed E-state index contributed by atoms with van der Waals surface area (Å²) >= 11 is 0. The number of alkyl halides is 2. The van der Waals surface area contributed by atoms with Gasteiger partial charge in [-0.1, -0.05) is 31.4 Å². The fraction of sp³-hybridized carbons (Fsp3) is 0.600. The van der Waals surface area contributed by atoms with Gasteiger partial charge in [0.15, 0.2) is 0 Å². The molecule has 4 heteroatoms. The Bertz CT molecular complexity index is 386. The molecule has 0 bridgehead atoms. The number of hydrogen-bond donors (Lipinski definition) is 1. The maximum atomic E-state index is 12.1. The lowest BCUT2D eigenvalue weighted by Gasteiger charge is -2.36. The molecule has 0 spiro atoms. The van der Waals surface area contributed by atoms with Crippen molar-refractivity contribution in [3.8, 4) is 5.75 Å². The van der Waals surface area contributed by atoms with Gasteiger partial charge in [-0.15, -0.1) is 0 Å². The minimum absolute atomic E-state index is 0.0689. The summed E-state index contributed by atoms with van der Waals surface area (Å²) in [6, 6.07) is 7.48. The molecule has 0 heterocycles. The van der Waals surface area contributed by atoms with E-state index >= 15 is 0 Å². The molecule has 1 fully saturated rings. The zero-order valence-electron chi connectivity index (χ0n) is 11.1. The number of ether oxygens (including phenoxy) is 1. The summed E-state index contributed by atoms with van der Waals surface area (Å²) in [4.78, 5) is 0. The van der Waals surface area contributed by atoms with Crippen molar-refractivity contribution in [1.82, 2.24) is 0 Å². The fourth-order valence-electron chi connectivity index (χ4n) is 2.90. The highest BCUT2D eigenvalue weighted by atomic mass is 19.3. The van der Waals surface area contributed by atoms with Crippen molar-refractivity contribution in [3.63, 3.8) is 0 Å². The van der Waals surface area contributed by atoms with Crippen LogP contribution in [0.15, 0.2) is 24.3 Å². The van der Waals surface area contributed by atoms with Gasteiger partial charge in [0.25, 0.3) is 6.43 Å². The van der Waals surface area contributed by atoms with Gasteiger partial charge in [0, 0.05) is 12.0 Å². The third-order valence-electron chi connectivity index (χ3n) is 4.04. The molecular weight excluding hydrogens is 248 g/mol. The van der Waals surface area contributed by atoms with Gasteiger partial charge in [-0.2, -0.15) is 0 Å². The standard InChI is InChI=1S/C15H21F2NO/c16-14(17)10-19-13-6-4-12(5-7-13)15(11-18)8-2-1-3-9-15/h4-7,14H,1-3,8-11,18H2. The van der Waals surface area contributed by atoms with Crippen LogP contribution in [0.4, 0.5) is 8.78 Å². The maximum Gasteiger partial charge on any atom is 0.272 e. The van der Waals surface area contributed by atoms with Crippen LogP contribution in [0.5, 0.6) is 5.75 Å². The number of benzene rings is 1. The lowest BCUT2D eigenvalue weighted by Crippen LogP contribution is -2.37. The molecule has 0 aliphatic heterocycles. The van der Waals surface area contributed by atoms with Crippen LogP contribution in [0, 0.1) is 0 Å². The average Bonchev–Trinajstić information content (AvgIpc) is 2.46. The Morgan fingerprint density at radius 2 is 1.74 bits per heavy atom. The van der Waals surface area contributed by atoms with E-state index < -0.39 is 13.0 Å². The molecule has 106 valence electrons. The summed E-state index contributed by atoms with van der Waals surface area (Å²) in [5.74, 6) is 0.493. The largest absolute Gasteiger partial charge is 0.488 e. The molecule has 2 rings (SSSR count). The first-order valence-corrected chi connectivity index (χ1v) is 6.88. The first-order valence-electron chi connectivity index (χ1n) is 6.88. The molecule has 2 nitrogen and oxygen atoms in total. The van der Waals surface area contributed by atoms with Gasteiger partial charge in [-0.05, 0) is 30.5 Å². The number of hydrogen-bond acceptors (Lipinski definition) is 2. The van der Waals surface area contributed by atoms with Gasteiger partial charge in [-0.3, -0.25) is 0 Å². The topological polar surface area (TPSA) is 35.2 Å². The average molecular weight is 269 g/mol. The summed E-state index contributed by atoms with van der Waals surface area (Å²) in [7, 11) is 0. The molecule has 1 aromatic carbocycles. The van der Waals surface area contributed by atoms with Gasteiger partial charge in [0.2, 0.25) is 0 Å². The fourth-order valence-corrected chi connectivity index (χ4v) is 2.90. The minimum Gasteiger partial charge on any atom is -0.488 e. The molecule has 0 atom stereocenters. The Morgan fingerprint density at radius 1 is 1.11 bits per heavy atom. The van der Waals surface area contributed by atoms with Gasteiger partial charge < -0.3 is 10.5 Å². The van der Waals surface area contributed by atoms with E-state index in [4.69, 9.17) is 10.5 Å². The lowest BCUT2D eigenvalue weighted by atomic mass is 9.69. The molecular formula is C15H21F2NO. The molecule has 0 radical (unpaired) electrons. The van der Waals surface area contributed by atoms with Crippen LogP contribution in [0.25, 0.3) is 0 Å². The van der Waals surface area contributed by atoms with Crippen LogP contribution < -0.4 is 10.5 Å². The molecule has 0 aromatic heterocycles. The van der Waals surface area contributed by atoms with Crippen molar-refractivity contribution in [2.75, 3.05) is 13.2 Å². The molecule has 1 saturated carbocycles. The van der Waals surface area contributed by atoms with E-state index in [1.54, 1.807) is 12.1 Å². The van der Waals surface area contributed by atoms with Crippen molar-refractivity contribution in [2.45, 2.75) is 43.9 Å². The highest BCUT2D eigenvalue weighted by Gasteiger charge is 2.32. The van der Waals surface area contributed by atoms with Crippen LogP contribution in [0.2, 0.25) is 0 Å². The Balaban J connectivity index is 2.07. The van der Waals surface area contributed by atoms with E-state index in [0.717, 1.165) is 12.8 Å². The molecule has 1 aliphatic carbocycles. The van der Waals surface area contributed by atoms with E-state index in [9.17, 15) is 8.78 Å². The zero-order valence-corrected chi connectivity index (χ0v) is 11.1. The molecule has 1 aliphatic rings. The number of nitrogens with two attached hydrogens (primary N) is 1. The minimum atomic E-state index is -2.44. The first-order chi connectivity index (χ1) is 9.16. The van der Waals surface area contributed by atoms with Crippen LogP contribution >= 0.6 is 0 Å². The monoisotopic (exact) mass is 269 g/mol. The van der Waals surface area contributed by atoms with Crippen molar-refractivity contribution < 1.29 is 13.5 Å². The summed E-state index contributed by atoms with van der Waals surface area (Å²) in [5.41, 5.74) is 7.25. The number of halogens is 2. The van der Waals surface area contributed by atoms with Crippen LogP contribution in [-0.2, 0) is 5.41 Å². The SMILES string of the molecule is NCC1(c2ccc(OCC(F)F)cc2)CCCCC1. The summed E-state index contributed by atoms with van der Waals surface area (Å²) < 4.78 is 29.1. The predicted octanol–water partition coefficient (Wildman–Crippen LogP) is 3.49. The second-order valence-electron chi connectivity index (χ2n) is 5.27. The Labute approximate surface area is 112 Å². The van der Waals surface area contributed by atoms with E-state index in [2.05, 4.69) is 0 Å². The predicted molar refractivity (Wildman–Crippen MR) is 71.8 cm³/mol. The van der Waals surface area contributed by atoms with E-state index in [1.165, 1.54) is 24.8 Å². The van der Waals surface area contributed by atoms with Gasteiger partial charge in [0.1, 0.15) is 12.4 Å². The van der Waals surface area contributed by atoms with Crippen molar-refractivity contribution in [3.05, 3.63) is 29.8 Å². The Hall–Kier alpha value is -1.16. The van der Waals surface area contributed by atoms with E-state index in [-0.39, 0.29) is 5.41 Å². The van der Waals surface area contributed by atoms with Crippen LogP contribution in [0.1, 0.15) is 37.7 Å². The first kappa shape index (κ1) is 14.3. The molecule has 0 unspecified atom stereocenters. The summed E-state index contributed by atoms with van der Waals surface area (Å²) in [6.07, 6.45) is 3.48. The third kappa shape index (κ3) is 3.44. The smallest absolute Gasteiger partial charge is 0.272 e. The van der Waals surface area contributed by atoms with Crippen molar-refractivity contribution in [1.29, 1.82) is 0 Å². The van der Waals surface area contributed by atoms with Gasteiger partial charge in [-0.25, -0.2) is 8.78 Å². The molecule has 19 heavy (non-hydrogen) atoms. The number of rotatable bonds is 5. The maximum absolute atomic E-state index is 12.1. The van der Waals surface area contributed by atoms with E-state index in [1.807, 2.05) is 12.1 Å². The second-order valence-corrected chi connectivity index (χ2v) is 5.27. The summed E-state index contributed by atoms with van der Waals surface area (Å²) in [6.45, 7) is 0.0889. The highest BCUT2D eigenvalue weighted by Crippen LogP contribution is 2.39. The van der Waals surface area contributed by atoms with Crippen LogP contribution in [-0.4, -0.2) is 19.6 Å². The lowest BCUT2D eigenvalue weighted by molar-refractivity contribution is 0.0819. The Kier molecular flexibility index (Phi) is 4.75. The van der Waals surface area contributed by atoms with Gasteiger partial charge in [0.05, 0.1) is 0 Å². The third-order valence-corrected chi connectivity index (χ3v) is 4.04. The van der Waals surface area contributed by atoms with E-state index in [0.29, 0.717) is 12.3 Å². The van der Waals surface area contributed by atoms with Crippen LogP contribution in [0.3, 0.4) is 0 Å². The normalized spacial score (nSPS) is 18.5. The Morgan fingerprint density at radius 3 is 2.26 bits per heavy atom. The second kappa shape index (κ2) is 6.33. The van der Waals surface area contributed by atoms with Gasteiger partial charge >= 0.3 is 0 Å². The quantitative estimate of drug-likeness (QED) is 0.888. The summed E-state index contributed by atoms with van der Waals surface area (Å²) in [5, 5.41) is 0.